The minimum absolute atomic E-state index is 0.00346. The van der Waals surface area contributed by atoms with Crippen molar-refractivity contribution in [3.8, 4) is 5.75 Å². The van der Waals surface area contributed by atoms with Crippen LogP contribution in [0.15, 0.2) is 65.6 Å². The van der Waals surface area contributed by atoms with Gasteiger partial charge in [0.25, 0.3) is 0 Å². The average molecular weight is 517 g/mol. The molecule has 0 amide bonds. The lowest BCUT2D eigenvalue weighted by Gasteiger charge is -2.31. The Morgan fingerprint density at radius 1 is 0.861 bits per heavy atom. The number of benzene rings is 3. The number of hydrogen-bond donors (Lipinski definition) is 0. The lowest BCUT2D eigenvalue weighted by atomic mass is 9.91. The molecule has 0 radical (unpaired) electrons. The Hall–Kier alpha value is -3.13. The summed E-state index contributed by atoms with van der Waals surface area (Å²) >= 11 is 0. The molecule has 0 aliphatic heterocycles. The molecular weight excluding hydrogens is 489 g/mol. The number of carbonyl (C=O) groups is 1. The molecule has 0 unspecified atom stereocenters. The van der Waals surface area contributed by atoms with Gasteiger partial charge in [0, 0.05) is 24.5 Å². The molecule has 4 rings (SSSR count). The van der Waals surface area contributed by atoms with Gasteiger partial charge in [-0.3, -0.25) is 4.79 Å². The summed E-state index contributed by atoms with van der Waals surface area (Å²) < 4.78 is 72.8. The average Bonchev–Trinajstić information content (AvgIpc) is 3.30. The van der Waals surface area contributed by atoms with E-state index in [1.807, 2.05) is 0 Å². The third kappa shape index (κ3) is 5.64. The van der Waals surface area contributed by atoms with Crippen LogP contribution in [0.4, 0.5) is 13.2 Å². The number of hydrogen-bond acceptors (Lipinski definition) is 4. The van der Waals surface area contributed by atoms with Gasteiger partial charge in [-0.05, 0) is 73.2 Å². The summed E-state index contributed by atoms with van der Waals surface area (Å²) in [5.41, 5.74) is 0.258. The predicted molar refractivity (Wildman–Crippen MR) is 130 cm³/mol. The number of carbonyl (C=O) groups excluding carboxylic acids is 1. The maximum absolute atomic E-state index is 15.0. The summed E-state index contributed by atoms with van der Waals surface area (Å²) in [5, 5.41) is 0. The molecule has 3 aromatic rings. The fourth-order valence-electron chi connectivity index (χ4n) is 4.68. The van der Waals surface area contributed by atoms with Gasteiger partial charge in [0.05, 0.1) is 10.6 Å². The second kappa shape index (κ2) is 10.5. The topological polar surface area (TPSA) is 60.4 Å². The Kier molecular flexibility index (Phi) is 7.54. The fourth-order valence-corrected chi connectivity index (χ4v) is 5.56. The van der Waals surface area contributed by atoms with E-state index in [0.717, 1.165) is 18.9 Å². The van der Waals surface area contributed by atoms with Crippen LogP contribution in [0.3, 0.4) is 0 Å². The zero-order valence-electron chi connectivity index (χ0n) is 19.9. The molecule has 36 heavy (non-hydrogen) atoms. The zero-order chi connectivity index (χ0) is 25.9. The number of halogens is 3. The Morgan fingerprint density at radius 3 is 2.11 bits per heavy atom. The zero-order valence-corrected chi connectivity index (χ0v) is 20.7. The van der Waals surface area contributed by atoms with E-state index in [-0.39, 0.29) is 40.6 Å². The van der Waals surface area contributed by atoms with Crippen LogP contribution in [0.2, 0.25) is 0 Å². The van der Waals surface area contributed by atoms with E-state index in [0.29, 0.717) is 24.0 Å². The van der Waals surface area contributed by atoms with Crippen LogP contribution in [0, 0.1) is 17.5 Å². The molecule has 0 aromatic heterocycles. The van der Waals surface area contributed by atoms with Crippen LogP contribution in [0.25, 0.3) is 0 Å². The first-order valence-electron chi connectivity index (χ1n) is 11.9. The lowest BCUT2D eigenvalue weighted by Crippen LogP contribution is -2.31. The number of ketones is 1. The highest BCUT2D eigenvalue weighted by Crippen LogP contribution is 2.44. The minimum atomic E-state index is -3.31. The highest BCUT2D eigenvalue weighted by Gasteiger charge is 2.40. The van der Waals surface area contributed by atoms with Gasteiger partial charge in [-0.1, -0.05) is 25.1 Å². The molecule has 0 spiro atoms. The van der Waals surface area contributed by atoms with Crippen LogP contribution >= 0.6 is 0 Å². The molecule has 0 bridgehead atoms. The van der Waals surface area contributed by atoms with Crippen molar-refractivity contribution in [1.29, 1.82) is 0 Å². The molecular formula is C28H27F3O4S. The maximum Gasteiger partial charge on any atom is 0.178 e. The Bertz CT molecular complexity index is 1360. The molecule has 0 atom stereocenters. The van der Waals surface area contributed by atoms with Crippen LogP contribution in [-0.4, -0.2) is 20.0 Å². The van der Waals surface area contributed by atoms with Crippen molar-refractivity contribution in [2.75, 3.05) is 5.75 Å². The quantitative estimate of drug-likeness (QED) is 0.345. The van der Waals surface area contributed by atoms with Gasteiger partial charge in [0.1, 0.15) is 23.0 Å². The highest BCUT2D eigenvalue weighted by atomic mass is 32.2. The van der Waals surface area contributed by atoms with Crippen molar-refractivity contribution >= 4 is 15.6 Å². The molecule has 0 heterocycles. The first-order chi connectivity index (χ1) is 17.1. The molecule has 4 nitrogen and oxygen atoms in total. The first kappa shape index (κ1) is 25.9. The standard InChI is InChI=1S/C28H27F3O4S/c1-2-36(33,34)23-9-5-19(6-10-23)15-22(32)16-20-7-12-27(26(31)17-20)35-28(13-3-4-14-28)24-11-8-21(29)18-25(24)30/h5-12,17-18H,2-4,13-16H2,1H3. The summed E-state index contributed by atoms with van der Waals surface area (Å²) in [6.07, 6.45) is 2.58. The Labute approximate surface area is 209 Å². The number of sulfone groups is 1. The smallest absolute Gasteiger partial charge is 0.178 e. The van der Waals surface area contributed by atoms with Crippen molar-refractivity contribution in [1.82, 2.24) is 0 Å². The lowest BCUT2D eigenvalue weighted by molar-refractivity contribution is -0.117. The van der Waals surface area contributed by atoms with Crippen LogP contribution in [0.5, 0.6) is 5.75 Å². The van der Waals surface area contributed by atoms with Gasteiger partial charge in [-0.25, -0.2) is 21.6 Å². The van der Waals surface area contributed by atoms with E-state index in [4.69, 9.17) is 4.74 Å². The molecule has 1 saturated carbocycles. The van der Waals surface area contributed by atoms with Crippen molar-refractivity contribution in [2.24, 2.45) is 0 Å². The van der Waals surface area contributed by atoms with Crippen LogP contribution in [-0.2, 0) is 33.1 Å². The fraction of sp³-hybridized carbons (Fsp3) is 0.321. The Morgan fingerprint density at radius 2 is 1.50 bits per heavy atom. The van der Waals surface area contributed by atoms with Gasteiger partial charge in [0.2, 0.25) is 0 Å². The largest absolute Gasteiger partial charge is 0.479 e. The first-order valence-corrected chi connectivity index (χ1v) is 13.5. The molecule has 8 heteroatoms. The minimum Gasteiger partial charge on any atom is -0.479 e. The third-order valence-corrected chi connectivity index (χ3v) is 8.35. The molecule has 0 saturated heterocycles. The van der Waals surface area contributed by atoms with Crippen LogP contribution in [0.1, 0.15) is 49.3 Å². The van der Waals surface area contributed by atoms with Gasteiger partial charge in [-0.15, -0.1) is 0 Å². The summed E-state index contributed by atoms with van der Waals surface area (Å²) in [6.45, 7) is 1.57. The highest BCUT2D eigenvalue weighted by molar-refractivity contribution is 7.91. The SMILES string of the molecule is CCS(=O)(=O)c1ccc(CC(=O)Cc2ccc(OC3(c4ccc(F)cc4F)CCCC3)c(F)c2)cc1. The van der Waals surface area contributed by atoms with Crippen molar-refractivity contribution < 1.29 is 31.1 Å². The van der Waals surface area contributed by atoms with E-state index < -0.39 is 32.9 Å². The predicted octanol–water partition coefficient (Wildman–Crippen LogP) is 6.10. The van der Waals surface area contributed by atoms with Crippen molar-refractivity contribution in [2.45, 2.75) is 55.9 Å². The van der Waals surface area contributed by atoms with Gasteiger partial charge >= 0.3 is 0 Å². The number of Topliss-reactive ketones (excluding diaryl/α,β-unsaturated/α-hetero) is 1. The molecule has 1 aliphatic rings. The second-order valence-electron chi connectivity index (χ2n) is 9.13. The molecule has 1 aliphatic carbocycles. The Balaban J connectivity index is 1.45. The summed E-state index contributed by atoms with van der Waals surface area (Å²) in [4.78, 5) is 12.8. The van der Waals surface area contributed by atoms with E-state index in [1.54, 1.807) is 25.1 Å². The van der Waals surface area contributed by atoms with Gasteiger partial charge < -0.3 is 4.74 Å². The van der Waals surface area contributed by atoms with Crippen LogP contribution < -0.4 is 4.74 Å². The number of ether oxygens (including phenoxy) is 1. The normalized spacial score (nSPS) is 15.1. The van der Waals surface area contributed by atoms with E-state index in [2.05, 4.69) is 0 Å². The van der Waals surface area contributed by atoms with E-state index in [1.165, 1.54) is 36.4 Å². The third-order valence-electron chi connectivity index (χ3n) is 6.60. The number of rotatable bonds is 9. The molecule has 190 valence electrons. The monoisotopic (exact) mass is 516 g/mol. The van der Waals surface area contributed by atoms with E-state index in [9.17, 15) is 26.4 Å². The molecule has 3 aromatic carbocycles. The summed E-state index contributed by atoms with van der Waals surface area (Å²) in [7, 11) is -3.31. The molecule has 0 N–H and O–H groups in total. The summed E-state index contributed by atoms with van der Waals surface area (Å²) in [6, 6.07) is 13.8. The van der Waals surface area contributed by atoms with E-state index >= 15 is 0 Å². The summed E-state index contributed by atoms with van der Waals surface area (Å²) in [5.74, 6) is -2.29. The van der Waals surface area contributed by atoms with Crippen molar-refractivity contribution in [3.63, 3.8) is 0 Å². The second-order valence-corrected chi connectivity index (χ2v) is 11.4. The van der Waals surface area contributed by atoms with Gasteiger partial charge in [0.15, 0.2) is 21.4 Å². The maximum atomic E-state index is 15.0. The molecule has 1 fully saturated rings. The van der Waals surface area contributed by atoms with Gasteiger partial charge in [-0.2, -0.15) is 0 Å². The van der Waals surface area contributed by atoms with Crippen molar-refractivity contribution in [3.05, 3.63) is 94.8 Å².